The number of rotatable bonds is 4. The second-order valence-electron chi connectivity index (χ2n) is 4.40. The van der Waals surface area contributed by atoms with Crippen LogP contribution in [0.1, 0.15) is 47.6 Å². The zero-order valence-electron chi connectivity index (χ0n) is 11.2. The van der Waals surface area contributed by atoms with E-state index in [1.165, 1.54) is 6.92 Å². The van der Waals surface area contributed by atoms with Crippen molar-refractivity contribution in [3.63, 3.8) is 0 Å². The van der Waals surface area contributed by atoms with Crippen molar-refractivity contribution >= 4 is 22.0 Å². The van der Waals surface area contributed by atoms with Crippen molar-refractivity contribution in [1.29, 1.82) is 0 Å². The Labute approximate surface area is 123 Å². The van der Waals surface area contributed by atoms with E-state index in [9.17, 15) is 18.0 Å². The molecule has 118 valence electrons. The van der Waals surface area contributed by atoms with E-state index in [2.05, 4.69) is 0 Å². The summed E-state index contributed by atoms with van der Waals surface area (Å²) in [5, 5.41) is 0. The molecule has 21 heavy (non-hydrogen) atoms. The molecule has 1 aromatic rings. The minimum absolute atomic E-state index is 0. The largest absolute Gasteiger partial charge is 0.459 e. The van der Waals surface area contributed by atoms with E-state index in [0.717, 1.165) is 12.1 Å². The van der Waals surface area contributed by atoms with Gasteiger partial charge in [-0.25, -0.2) is 4.79 Å². The van der Waals surface area contributed by atoms with Gasteiger partial charge in [0.15, 0.2) is 0 Å². The molecule has 8 heteroatoms. The summed E-state index contributed by atoms with van der Waals surface area (Å²) in [6, 6.07) is 2.08. The average molecular weight is 317 g/mol. The standard InChI is InChI=1S/C12H15NO6S.CH4/c1-6(2)19-12(15)10-7(3)8(11(13)14)4-5-9(10)20(16,17)18;/h4-6H,1-3H3,(H2,13,14)(H,16,17,18);1H4. The molecule has 1 rings (SSSR count). The van der Waals surface area contributed by atoms with Crippen LogP contribution in [0.2, 0.25) is 0 Å². The lowest BCUT2D eigenvalue weighted by Gasteiger charge is -2.14. The van der Waals surface area contributed by atoms with Gasteiger partial charge >= 0.3 is 5.97 Å². The van der Waals surface area contributed by atoms with Crippen molar-refractivity contribution in [1.82, 2.24) is 0 Å². The third-order valence-electron chi connectivity index (χ3n) is 2.52. The molecule has 0 saturated heterocycles. The molecule has 0 fully saturated rings. The summed E-state index contributed by atoms with van der Waals surface area (Å²) < 4.78 is 36.7. The zero-order valence-corrected chi connectivity index (χ0v) is 12.0. The highest BCUT2D eigenvalue weighted by Gasteiger charge is 2.27. The maximum atomic E-state index is 12.0. The first kappa shape index (κ1) is 19.1. The van der Waals surface area contributed by atoms with Crippen LogP contribution in [0.25, 0.3) is 0 Å². The van der Waals surface area contributed by atoms with Crippen molar-refractivity contribution in [3.05, 3.63) is 28.8 Å². The highest BCUT2D eigenvalue weighted by Crippen LogP contribution is 2.24. The van der Waals surface area contributed by atoms with Gasteiger partial charge in [0.25, 0.3) is 10.1 Å². The van der Waals surface area contributed by atoms with Crippen LogP contribution >= 0.6 is 0 Å². The number of amides is 1. The Morgan fingerprint density at radius 1 is 1.29 bits per heavy atom. The maximum Gasteiger partial charge on any atom is 0.340 e. The molecule has 1 amide bonds. The number of carbonyl (C=O) groups is 2. The Morgan fingerprint density at radius 3 is 2.19 bits per heavy atom. The number of ether oxygens (including phenoxy) is 1. The highest BCUT2D eigenvalue weighted by atomic mass is 32.2. The number of carbonyl (C=O) groups excluding carboxylic acids is 2. The van der Waals surface area contributed by atoms with E-state index < -0.39 is 38.6 Å². The number of benzene rings is 1. The summed E-state index contributed by atoms with van der Waals surface area (Å²) in [7, 11) is -4.63. The van der Waals surface area contributed by atoms with Gasteiger partial charge in [-0.3, -0.25) is 9.35 Å². The first-order valence-electron chi connectivity index (χ1n) is 5.67. The van der Waals surface area contributed by atoms with Crippen molar-refractivity contribution in [2.75, 3.05) is 0 Å². The Bertz CT molecular complexity index is 663. The number of esters is 1. The molecule has 0 saturated carbocycles. The van der Waals surface area contributed by atoms with Gasteiger partial charge in [-0.1, -0.05) is 7.43 Å². The third kappa shape index (κ3) is 4.27. The van der Waals surface area contributed by atoms with Crippen LogP contribution in [0.4, 0.5) is 0 Å². The Balaban J connectivity index is 0.00000400. The quantitative estimate of drug-likeness (QED) is 0.641. The molecule has 7 nitrogen and oxygen atoms in total. The Hall–Kier alpha value is -1.93. The summed E-state index contributed by atoms with van der Waals surface area (Å²) in [6.45, 7) is 4.52. The fourth-order valence-electron chi connectivity index (χ4n) is 1.70. The highest BCUT2D eigenvalue weighted by molar-refractivity contribution is 7.86. The lowest BCUT2D eigenvalue weighted by atomic mass is 10.0. The van der Waals surface area contributed by atoms with Crippen molar-refractivity contribution in [3.8, 4) is 0 Å². The lowest BCUT2D eigenvalue weighted by molar-refractivity contribution is 0.0372. The summed E-state index contributed by atoms with van der Waals surface area (Å²) in [5.41, 5.74) is 4.77. The van der Waals surface area contributed by atoms with Crippen LogP contribution in [0.3, 0.4) is 0 Å². The molecule has 0 spiro atoms. The van der Waals surface area contributed by atoms with Crippen molar-refractivity contribution in [2.45, 2.75) is 39.2 Å². The Morgan fingerprint density at radius 2 is 1.81 bits per heavy atom. The summed E-state index contributed by atoms with van der Waals surface area (Å²) in [5.74, 6) is -1.77. The minimum atomic E-state index is -4.63. The van der Waals surface area contributed by atoms with Gasteiger partial charge in [0.05, 0.1) is 11.7 Å². The van der Waals surface area contributed by atoms with Crippen LogP contribution in [-0.2, 0) is 14.9 Å². The van der Waals surface area contributed by atoms with Gasteiger partial charge in [-0.05, 0) is 38.5 Å². The van der Waals surface area contributed by atoms with Crippen LogP contribution < -0.4 is 5.73 Å². The first-order chi connectivity index (χ1) is 9.05. The van der Waals surface area contributed by atoms with Gasteiger partial charge in [0, 0.05) is 5.56 Å². The van der Waals surface area contributed by atoms with E-state index in [-0.39, 0.29) is 18.6 Å². The van der Waals surface area contributed by atoms with Gasteiger partial charge in [0.1, 0.15) is 4.90 Å². The maximum absolute atomic E-state index is 12.0. The average Bonchev–Trinajstić information content (AvgIpc) is 2.25. The van der Waals surface area contributed by atoms with Crippen LogP contribution in [-0.4, -0.2) is 31.0 Å². The normalized spacial score (nSPS) is 10.9. The molecule has 0 radical (unpaired) electrons. The van der Waals surface area contributed by atoms with E-state index in [1.807, 2.05) is 0 Å². The molecule has 0 aliphatic rings. The molecule has 1 aromatic carbocycles. The zero-order chi connectivity index (χ0) is 15.7. The summed E-state index contributed by atoms with van der Waals surface area (Å²) in [6.07, 6.45) is -0.492. The molecule has 0 atom stereocenters. The lowest BCUT2D eigenvalue weighted by Crippen LogP contribution is -2.20. The molecule has 0 aromatic heterocycles. The first-order valence-corrected chi connectivity index (χ1v) is 7.11. The molecule has 0 bridgehead atoms. The van der Waals surface area contributed by atoms with Gasteiger partial charge in [-0.2, -0.15) is 8.42 Å². The molecule has 0 aliphatic heterocycles. The number of hydrogen-bond acceptors (Lipinski definition) is 5. The fraction of sp³-hybridized carbons (Fsp3) is 0.385. The van der Waals surface area contributed by atoms with Crippen molar-refractivity contribution in [2.24, 2.45) is 5.73 Å². The van der Waals surface area contributed by atoms with Crippen molar-refractivity contribution < 1.29 is 27.3 Å². The minimum Gasteiger partial charge on any atom is -0.459 e. The topological polar surface area (TPSA) is 124 Å². The fourth-order valence-corrected chi connectivity index (χ4v) is 2.43. The summed E-state index contributed by atoms with van der Waals surface area (Å²) in [4.78, 5) is 22.6. The second-order valence-corrected chi connectivity index (χ2v) is 5.79. The van der Waals surface area contributed by atoms with E-state index >= 15 is 0 Å². The molecule has 3 N–H and O–H groups in total. The monoisotopic (exact) mass is 317 g/mol. The summed E-state index contributed by atoms with van der Waals surface area (Å²) >= 11 is 0. The predicted octanol–water partition coefficient (Wildman–Crippen LogP) is 1.54. The Kier molecular flexibility index (Phi) is 6.07. The number of nitrogens with two attached hydrogens (primary N) is 1. The van der Waals surface area contributed by atoms with Gasteiger partial charge < -0.3 is 10.5 Å². The van der Waals surface area contributed by atoms with Gasteiger partial charge in [0.2, 0.25) is 5.91 Å². The van der Waals surface area contributed by atoms with Crippen LogP contribution in [0.15, 0.2) is 17.0 Å². The molecular weight excluding hydrogens is 298 g/mol. The van der Waals surface area contributed by atoms with Crippen LogP contribution in [0.5, 0.6) is 0 Å². The predicted molar refractivity (Wildman–Crippen MR) is 76.8 cm³/mol. The van der Waals surface area contributed by atoms with E-state index in [0.29, 0.717) is 0 Å². The molecule has 0 heterocycles. The number of primary amides is 1. The molecule has 0 unspecified atom stereocenters. The third-order valence-corrected chi connectivity index (χ3v) is 3.41. The number of hydrogen-bond donors (Lipinski definition) is 2. The second kappa shape index (κ2) is 6.68. The van der Waals surface area contributed by atoms with E-state index in [1.54, 1.807) is 13.8 Å². The SMILES string of the molecule is C.Cc1c(C(N)=O)ccc(S(=O)(=O)O)c1C(=O)OC(C)C. The molecule has 0 aliphatic carbocycles. The van der Waals surface area contributed by atoms with Gasteiger partial charge in [-0.15, -0.1) is 0 Å². The van der Waals surface area contributed by atoms with E-state index in [4.69, 9.17) is 15.0 Å². The smallest absolute Gasteiger partial charge is 0.340 e. The molecular formula is C13H19NO6S. The van der Waals surface area contributed by atoms with Crippen LogP contribution in [0, 0.1) is 6.92 Å².